The van der Waals surface area contributed by atoms with Gasteiger partial charge in [0, 0.05) is 32.5 Å². The zero-order valence-electron chi connectivity index (χ0n) is 16.3. The first kappa shape index (κ1) is 21.2. The van der Waals surface area contributed by atoms with Crippen LogP contribution in [-0.4, -0.2) is 39.1 Å². The van der Waals surface area contributed by atoms with Gasteiger partial charge in [-0.1, -0.05) is 12.1 Å². The number of carbonyl (C=O) groups is 2. The van der Waals surface area contributed by atoms with Crippen LogP contribution < -0.4 is 19.7 Å². The topological polar surface area (TPSA) is 67.9 Å². The molecule has 0 spiro atoms. The molecule has 0 saturated heterocycles. The molecule has 0 heterocycles. The van der Waals surface area contributed by atoms with E-state index in [4.69, 9.17) is 9.47 Å². The summed E-state index contributed by atoms with van der Waals surface area (Å²) in [5.41, 5.74) is 1.49. The fourth-order valence-corrected chi connectivity index (χ4v) is 2.75. The van der Waals surface area contributed by atoms with E-state index >= 15 is 0 Å². The number of hydrogen-bond donors (Lipinski definition) is 1. The minimum atomic E-state index is -0.287. The third-order valence-electron chi connectivity index (χ3n) is 4.27. The number of rotatable bonds is 9. The lowest BCUT2D eigenvalue weighted by Gasteiger charge is -2.23. The van der Waals surface area contributed by atoms with Crippen molar-refractivity contribution in [2.24, 2.45) is 0 Å². The fraction of sp³-hybridized carbons (Fsp3) is 0.333. The molecule has 0 bridgehead atoms. The van der Waals surface area contributed by atoms with Gasteiger partial charge in [0.25, 0.3) is 0 Å². The first-order valence-electron chi connectivity index (χ1n) is 8.96. The molecule has 2 aromatic carbocycles. The summed E-state index contributed by atoms with van der Waals surface area (Å²) in [6.45, 7) is 2.08. The van der Waals surface area contributed by atoms with Crippen molar-refractivity contribution >= 4 is 17.5 Å². The van der Waals surface area contributed by atoms with Gasteiger partial charge in [0.05, 0.1) is 19.9 Å². The van der Waals surface area contributed by atoms with Gasteiger partial charge in [-0.05, 0) is 36.2 Å². The summed E-state index contributed by atoms with van der Waals surface area (Å²) in [5.74, 6) is 0.449. The van der Waals surface area contributed by atoms with Crippen LogP contribution in [0.5, 0.6) is 11.5 Å². The van der Waals surface area contributed by atoms with Crippen molar-refractivity contribution in [2.45, 2.75) is 19.8 Å². The zero-order chi connectivity index (χ0) is 20.5. The van der Waals surface area contributed by atoms with Crippen molar-refractivity contribution < 1.29 is 23.5 Å². The van der Waals surface area contributed by atoms with Gasteiger partial charge in [-0.2, -0.15) is 0 Å². The molecule has 2 aromatic rings. The Morgan fingerprint density at radius 3 is 2.39 bits per heavy atom. The Hall–Kier alpha value is -3.09. The molecule has 2 rings (SSSR count). The molecule has 28 heavy (non-hydrogen) atoms. The Labute approximate surface area is 164 Å². The quantitative estimate of drug-likeness (QED) is 0.717. The van der Waals surface area contributed by atoms with Crippen LogP contribution in [0.1, 0.15) is 18.9 Å². The molecule has 0 saturated carbocycles. The van der Waals surface area contributed by atoms with Gasteiger partial charge in [-0.25, -0.2) is 4.39 Å². The molecule has 0 atom stereocenters. The van der Waals surface area contributed by atoms with E-state index in [-0.39, 0.29) is 30.6 Å². The maximum absolute atomic E-state index is 12.9. The summed E-state index contributed by atoms with van der Waals surface area (Å²) in [7, 11) is 3.06. The zero-order valence-corrected chi connectivity index (χ0v) is 16.3. The SMILES string of the molecule is COc1ccc(OC)c(N(CCC(=O)NCCc2ccc(F)cc2)C(C)=O)c1. The molecule has 0 radical (unpaired) electrons. The average Bonchev–Trinajstić information content (AvgIpc) is 2.69. The van der Waals surface area contributed by atoms with Crippen molar-refractivity contribution in [3.63, 3.8) is 0 Å². The van der Waals surface area contributed by atoms with Gasteiger partial charge in [-0.15, -0.1) is 0 Å². The van der Waals surface area contributed by atoms with Gasteiger partial charge >= 0.3 is 0 Å². The number of halogens is 1. The van der Waals surface area contributed by atoms with Crippen LogP contribution in [0.3, 0.4) is 0 Å². The molecule has 6 nitrogen and oxygen atoms in total. The first-order chi connectivity index (χ1) is 13.4. The number of hydrogen-bond acceptors (Lipinski definition) is 4. The summed E-state index contributed by atoms with van der Waals surface area (Å²) < 4.78 is 23.4. The molecule has 7 heteroatoms. The van der Waals surface area contributed by atoms with E-state index in [0.717, 1.165) is 5.56 Å². The number of benzene rings is 2. The highest BCUT2D eigenvalue weighted by Gasteiger charge is 2.18. The molecule has 150 valence electrons. The lowest BCUT2D eigenvalue weighted by atomic mass is 10.1. The highest BCUT2D eigenvalue weighted by Crippen LogP contribution is 2.32. The Bertz CT molecular complexity index is 809. The minimum Gasteiger partial charge on any atom is -0.497 e. The molecule has 0 unspecified atom stereocenters. The minimum absolute atomic E-state index is 0.142. The second kappa shape index (κ2) is 10.3. The van der Waals surface area contributed by atoms with E-state index in [0.29, 0.717) is 30.2 Å². The summed E-state index contributed by atoms with van der Waals surface area (Å²) in [4.78, 5) is 25.8. The monoisotopic (exact) mass is 388 g/mol. The molecular weight excluding hydrogens is 363 g/mol. The standard InChI is InChI=1S/C21H25FN2O4/c1-15(25)24(19-14-18(27-2)8-9-20(19)28-3)13-11-21(26)23-12-10-16-4-6-17(22)7-5-16/h4-9,14H,10-13H2,1-3H3,(H,23,26). The number of nitrogens with zero attached hydrogens (tertiary/aromatic N) is 1. The van der Waals surface area contributed by atoms with E-state index in [1.54, 1.807) is 30.3 Å². The number of carbonyl (C=O) groups excluding carboxylic acids is 2. The molecule has 0 aromatic heterocycles. The molecule has 2 amide bonds. The van der Waals surface area contributed by atoms with E-state index in [1.807, 2.05) is 0 Å². The third kappa shape index (κ3) is 5.97. The number of methoxy groups -OCH3 is 2. The van der Waals surface area contributed by atoms with E-state index < -0.39 is 0 Å². The average molecular weight is 388 g/mol. The van der Waals surface area contributed by atoms with Crippen molar-refractivity contribution in [2.75, 3.05) is 32.2 Å². The molecular formula is C21H25FN2O4. The van der Waals surface area contributed by atoms with Gasteiger partial charge in [0.2, 0.25) is 11.8 Å². The van der Waals surface area contributed by atoms with Crippen LogP contribution in [0.25, 0.3) is 0 Å². The van der Waals surface area contributed by atoms with Crippen LogP contribution in [0.15, 0.2) is 42.5 Å². The Balaban J connectivity index is 1.93. The smallest absolute Gasteiger partial charge is 0.223 e. The summed E-state index contributed by atoms with van der Waals surface area (Å²) in [5, 5.41) is 2.82. The van der Waals surface area contributed by atoms with Crippen LogP contribution in [0.2, 0.25) is 0 Å². The molecule has 0 fully saturated rings. The summed E-state index contributed by atoms with van der Waals surface area (Å²) >= 11 is 0. The second-order valence-corrected chi connectivity index (χ2v) is 6.18. The van der Waals surface area contributed by atoms with E-state index in [9.17, 15) is 14.0 Å². The Morgan fingerprint density at radius 2 is 1.79 bits per heavy atom. The van der Waals surface area contributed by atoms with Gasteiger partial charge in [0.15, 0.2) is 0 Å². The maximum Gasteiger partial charge on any atom is 0.223 e. The van der Waals surface area contributed by atoms with Gasteiger partial charge in [-0.3, -0.25) is 9.59 Å². The van der Waals surface area contributed by atoms with Crippen molar-refractivity contribution in [3.05, 3.63) is 53.8 Å². The molecule has 0 aliphatic carbocycles. The number of ether oxygens (including phenoxy) is 2. The van der Waals surface area contributed by atoms with Crippen LogP contribution in [0, 0.1) is 5.82 Å². The molecule has 0 aliphatic heterocycles. The third-order valence-corrected chi connectivity index (χ3v) is 4.27. The van der Waals surface area contributed by atoms with Crippen LogP contribution in [-0.2, 0) is 16.0 Å². The fourth-order valence-electron chi connectivity index (χ4n) is 2.75. The second-order valence-electron chi connectivity index (χ2n) is 6.18. The van der Waals surface area contributed by atoms with Crippen molar-refractivity contribution in [3.8, 4) is 11.5 Å². The predicted octanol–water partition coefficient (Wildman–Crippen LogP) is 2.94. The Kier molecular flexibility index (Phi) is 7.80. The largest absolute Gasteiger partial charge is 0.497 e. The van der Waals surface area contributed by atoms with Gasteiger partial charge < -0.3 is 19.7 Å². The van der Waals surface area contributed by atoms with Crippen LogP contribution >= 0.6 is 0 Å². The maximum atomic E-state index is 12.9. The van der Waals surface area contributed by atoms with Crippen molar-refractivity contribution in [1.82, 2.24) is 5.32 Å². The summed E-state index contributed by atoms with van der Waals surface area (Å²) in [6.07, 6.45) is 0.746. The first-order valence-corrected chi connectivity index (χ1v) is 8.96. The number of amides is 2. The highest BCUT2D eigenvalue weighted by molar-refractivity contribution is 5.94. The lowest BCUT2D eigenvalue weighted by Crippen LogP contribution is -2.34. The van der Waals surface area contributed by atoms with E-state index in [1.165, 1.54) is 38.2 Å². The molecule has 0 aliphatic rings. The number of nitrogens with one attached hydrogen (secondary N) is 1. The number of anilines is 1. The predicted molar refractivity (Wildman–Crippen MR) is 105 cm³/mol. The lowest BCUT2D eigenvalue weighted by molar-refractivity contribution is -0.121. The Morgan fingerprint density at radius 1 is 1.07 bits per heavy atom. The normalized spacial score (nSPS) is 10.3. The molecule has 1 N–H and O–H groups in total. The van der Waals surface area contributed by atoms with Gasteiger partial charge in [0.1, 0.15) is 17.3 Å². The van der Waals surface area contributed by atoms with Crippen molar-refractivity contribution in [1.29, 1.82) is 0 Å². The van der Waals surface area contributed by atoms with Crippen LogP contribution in [0.4, 0.5) is 10.1 Å². The highest BCUT2D eigenvalue weighted by atomic mass is 19.1. The van der Waals surface area contributed by atoms with E-state index in [2.05, 4.69) is 5.32 Å². The summed E-state index contributed by atoms with van der Waals surface area (Å²) in [6, 6.07) is 11.3.